The average Bonchev–Trinajstić information content (AvgIpc) is 2.98. The Hall–Kier alpha value is -0.120. The van der Waals surface area contributed by atoms with Crippen LogP contribution < -0.4 is 5.73 Å². The molecule has 3 N–H and O–H groups in total. The lowest BCUT2D eigenvalue weighted by molar-refractivity contribution is 0.0108. The van der Waals surface area contributed by atoms with E-state index >= 15 is 0 Å². The first kappa shape index (κ1) is 11.4. The van der Waals surface area contributed by atoms with Crippen molar-refractivity contribution in [3.63, 3.8) is 0 Å². The van der Waals surface area contributed by atoms with Crippen LogP contribution in [-0.4, -0.2) is 30.0 Å². The molecule has 0 amide bonds. The van der Waals surface area contributed by atoms with Gasteiger partial charge in [0.15, 0.2) is 0 Å². The number of aliphatic hydroxyl groups is 1. The van der Waals surface area contributed by atoms with Crippen molar-refractivity contribution in [1.29, 1.82) is 0 Å². The lowest BCUT2D eigenvalue weighted by Crippen LogP contribution is -2.40. The molecule has 1 saturated carbocycles. The molecule has 2 fully saturated rings. The minimum atomic E-state index is -0.571. The van der Waals surface area contributed by atoms with Crippen molar-refractivity contribution in [2.75, 3.05) is 13.2 Å². The van der Waals surface area contributed by atoms with Gasteiger partial charge in [-0.25, -0.2) is 0 Å². The van der Waals surface area contributed by atoms with E-state index in [1.807, 2.05) is 0 Å². The van der Waals surface area contributed by atoms with Gasteiger partial charge < -0.3 is 15.6 Å². The van der Waals surface area contributed by atoms with E-state index < -0.39 is 5.60 Å². The number of ether oxygens (including phenoxy) is 1. The van der Waals surface area contributed by atoms with Crippen LogP contribution in [0.15, 0.2) is 0 Å². The highest BCUT2D eigenvalue weighted by atomic mass is 16.5. The van der Waals surface area contributed by atoms with Crippen LogP contribution in [0.3, 0.4) is 0 Å². The Morgan fingerprint density at radius 2 is 2.13 bits per heavy atom. The third-order valence-corrected chi connectivity index (χ3v) is 3.85. The molecule has 3 heteroatoms. The van der Waals surface area contributed by atoms with Gasteiger partial charge in [0.05, 0.1) is 11.7 Å². The molecule has 2 atom stereocenters. The second-order valence-electron chi connectivity index (χ2n) is 5.11. The van der Waals surface area contributed by atoms with Gasteiger partial charge in [-0.1, -0.05) is 0 Å². The molecule has 0 aromatic heterocycles. The number of nitrogens with two attached hydrogens (primary N) is 1. The van der Waals surface area contributed by atoms with E-state index in [0.29, 0.717) is 18.6 Å². The summed E-state index contributed by atoms with van der Waals surface area (Å²) in [6.45, 7) is 1.34. The van der Waals surface area contributed by atoms with Crippen LogP contribution in [0.4, 0.5) is 0 Å². The maximum Gasteiger partial charge on any atom is 0.0797 e. The van der Waals surface area contributed by atoms with E-state index in [1.165, 1.54) is 12.8 Å². The molecule has 0 bridgehead atoms. The number of hydrogen-bond donors (Lipinski definition) is 2. The van der Waals surface area contributed by atoms with E-state index in [2.05, 4.69) is 0 Å². The Bertz CT molecular complexity index is 200. The summed E-state index contributed by atoms with van der Waals surface area (Å²) in [5, 5.41) is 10.3. The topological polar surface area (TPSA) is 55.5 Å². The Morgan fingerprint density at radius 3 is 2.67 bits per heavy atom. The fraction of sp³-hybridized carbons (Fsp3) is 1.00. The molecule has 1 saturated heterocycles. The zero-order valence-electron chi connectivity index (χ0n) is 9.45. The monoisotopic (exact) mass is 213 g/mol. The van der Waals surface area contributed by atoms with Gasteiger partial charge in [0.25, 0.3) is 0 Å². The molecule has 1 aliphatic heterocycles. The largest absolute Gasteiger partial charge is 0.388 e. The highest BCUT2D eigenvalue weighted by Gasteiger charge is 2.42. The Labute approximate surface area is 92.0 Å². The normalized spacial score (nSPS) is 30.4. The maximum absolute atomic E-state index is 10.3. The van der Waals surface area contributed by atoms with E-state index in [-0.39, 0.29) is 0 Å². The molecule has 1 aliphatic carbocycles. The predicted octanol–water partition coefficient (Wildman–Crippen LogP) is 1.44. The van der Waals surface area contributed by atoms with Gasteiger partial charge in [-0.05, 0) is 50.9 Å². The van der Waals surface area contributed by atoms with Crippen molar-refractivity contribution >= 4 is 0 Å². The lowest BCUT2D eigenvalue weighted by Gasteiger charge is -2.26. The summed E-state index contributed by atoms with van der Waals surface area (Å²) in [6, 6.07) is 0. The van der Waals surface area contributed by atoms with Gasteiger partial charge in [-0.15, -0.1) is 0 Å². The van der Waals surface area contributed by atoms with Crippen molar-refractivity contribution in [2.45, 2.75) is 56.7 Å². The first-order chi connectivity index (χ1) is 7.24. The van der Waals surface area contributed by atoms with Gasteiger partial charge >= 0.3 is 0 Å². The molecule has 0 aromatic rings. The zero-order chi connectivity index (χ0) is 10.7. The van der Waals surface area contributed by atoms with Gasteiger partial charge in [0, 0.05) is 13.2 Å². The third kappa shape index (κ3) is 2.92. The predicted molar refractivity (Wildman–Crippen MR) is 59.6 cm³/mol. The average molecular weight is 213 g/mol. The van der Waals surface area contributed by atoms with Gasteiger partial charge in [-0.2, -0.15) is 0 Å². The molecule has 0 radical (unpaired) electrons. The third-order valence-electron chi connectivity index (χ3n) is 3.85. The second-order valence-corrected chi connectivity index (χ2v) is 5.11. The molecule has 15 heavy (non-hydrogen) atoms. The van der Waals surface area contributed by atoms with E-state index in [0.717, 1.165) is 38.7 Å². The second kappa shape index (κ2) is 4.81. The Balaban J connectivity index is 1.66. The van der Waals surface area contributed by atoms with Crippen molar-refractivity contribution in [3.05, 3.63) is 0 Å². The SMILES string of the molecule is NCC(O)(CCCC1CCCO1)C1CC1. The minimum absolute atomic E-state index is 0.420. The summed E-state index contributed by atoms with van der Waals surface area (Å²) in [7, 11) is 0. The molecule has 2 unspecified atom stereocenters. The lowest BCUT2D eigenvalue weighted by atomic mass is 9.90. The molecule has 2 aliphatic rings. The summed E-state index contributed by atoms with van der Waals surface area (Å²) >= 11 is 0. The highest BCUT2D eigenvalue weighted by Crippen LogP contribution is 2.41. The first-order valence-corrected chi connectivity index (χ1v) is 6.29. The minimum Gasteiger partial charge on any atom is -0.388 e. The Morgan fingerprint density at radius 1 is 1.33 bits per heavy atom. The summed E-state index contributed by atoms with van der Waals surface area (Å²) in [4.78, 5) is 0. The zero-order valence-corrected chi connectivity index (χ0v) is 9.45. The number of hydrogen-bond acceptors (Lipinski definition) is 3. The molecular formula is C12H23NO2. The molecule has 0 spiro atoms. The standard InChI is InChI=1S/C12H23NO2/c13-9-12(14,10-5-6-10)7-1-3-11-4-2-8-15-11/h10-11,14H,1-9,13H2. The van der Waals surface area contributed by atoms with Crippen molar-refractivity contribution < 1.29 is 9.84 Å². The quantitative estimate of drug-likeness (QED) is 0.702. The van der Waals surface area contributed by atoms with Crippen LogP contribution in [0.25, 0.3) is 0 Å². The molecule has 3 nitrogen and oxygen atoms in total. The summed E-state index contributed by atoms with van der Waals surface area (Å²) < 4.78 is 5.56. The van der Waals surface area contributed by atoms with E-state index in [9.17, 15) is 5.11 Å². The van der Waals surface area contributed by atoms with Gasteiger partial charge in [0.2, 0.25) is 0 Å². The van der Waals surface area contributed by atoms with Crippen LogP contribution in [0.5, 0.6) is 0 Å². The van der Waals surface area contributed by atoms with Crippen molar-refractivity contribution in [2.24, 2.45) is 11.7 Å². The van der Waals surface area contributed by atoms with Gasteiger partial charge in [-0.3, -0.25) is 0 Å². The fourth-order valence-electron chi connectivity index (χ4n) is 2.60. The Kier molecular flexibility index (Phi) is 3.65. The highest BCUT2D eigenvalue weighted by molar-refractivity contribution is 4.95. The fourth-order valence-corrected chi connectivity index (χ4v) is 2.60. The summed E-state index contributed by atoms with van der Waals surface area (Å²) in [6.07, 6.45) is 8.17. The van der Waals surface area contributed by atoms with E-state index in [1.54, 1.807) is 0 Å². The molecule has 1 heterocycles. The van der Waals surface area contributed by atoms with Crippen LogP contribution in [-0.2, 0) is 4.74 Å². The summed E-state index contributed by atoms with van der Waals surface area (Å²) in [5.74, 6) is 0.479. The molecule has 2 rings (SSSR count). The maximum atomic E-state index is 10.3. The van der Waals surface area contributed by atoms with E-state index in [4.69, 9.17) is 10.5 Å². The molecule has 0 aromatic carbocycles. The van der Waals surface area contributed by atoms with Crippen LogP contribution in [0.2, 0.25) is 0 Å². The van der Waals surface area contributed by atoms with Crippen LogP contribution in [0.1, 0.15) is 44.9 Å². The summed E-state index contributed by atoms with van der Waals surface area (Å²) in [5.41, 5.74) is 5.09. The molecular weight excluding hydrogens is 190 g/mol. The van der Waals surface area contributed by atoms with Crippen molar-refractivity contribution in [1.82, 2.24) is 0 Å². The van der Waals surface area contributed by atoms with Gasteiger partial charge in [0.1, 0.15) is 0 Å². The smallest absolute Gasteiger partial charge is 0.0797 e. The van der Waals surface area contributed by atoms with Crippen molar-refractivity contribution in [3.8, 4) is 0 Å². The van der Waals surface area contributed by atoms with Crippen LogP contribution >= 0.6 is 0 Å². The first-order valence-electron chi connectivity index (χ1n) is 6.29. The van der Waals surface area contributed by atoms with Crippen LogP contribution in [0, 0.1) is 5.92 Å². The molecule has 88 valence electrons. The number of rotatable bonds is 6.